The second-order valence-electron chi connectivity index (χ2n) is 5.62. The molecule has 2 heterocycles. The molecule has 3 rings (SSSR count). The van der Waals surface area contributed by atoms with E-state index in [1.807, 2.05) is 4.57 Å². The van der Waals surface area contributed by atoms with Crippen LogP contribution < -0.4 is 10.1 Å². The topological polar surface area (TPSA) is 56.1 Å². The van der Waals surface area contributed by atoms with Crippen molar-refractivity contribution >= 4 is 21.8 Å². The van der Waals surface area contributed by atoms with Crippen LogP contribution in [0, 0.1) is 5.92 Å². The number of amides is 1. The lowest BCUT2D eigenvalue weighted by molar-refractivity contribution is -0.125. The maximum absolute atomic E-state index is 12.5. The summed E-state index contributed by atoms with van der Waals surface area (Å²) in [7, 11) is 0. The fraction of sp³-hybridized carbons (Fsp3) is 0.375. The van der Waals surface area contributed by atoms with Crippen LogP contribution in [0.2, 0.25) is 0 Å². The van der Waals surface area contributed by atoms with E-state index in [0.717, 1.165) is 23.1 Å². The number of aryl methyl sites for hydroxylation is 1. The van der Waals surface area contributed by atoms with Crippen molar-refractivity contribution in [1.29, 1.82) is 0 Å². The van der Waals surface area contributed by atoms with E-state index in [1.54, 1.807) is 24.7 Å². The Morgan fingerprint density at radius 1 is 1.50 bits per heavy atom. The summed E-state index contributed by atoms with van der Waals surface area (Å²) in [4.78, 5) is 16.5. The highest BCUT2D eigenvalue weighted by molar-refractivity contribution is 9.10. The lowest BCUT2D eigenvalue weighted by atomic mass is 9.95. The summed E-state index contributed by atoms with van der Waals surface area (Å²) in [6.07, 6.45) is 4.89. The lowest BCUT2D eigenvalue weighted by Gasteiger charge is -2.23. The van der Waals surface area contributed by atoms with Crippen molar-refractivity contribution in [3.05, 3.63) is 46.5 Å². The number of halogens is 3. The summed E-state index contributed by atoms with van der Waals surface area (Å²) in [6.45, 7) is -2.01. The van der Waals surface area contributed by atoms with Crippen LogP contribution in [0.25, 0.3) is 0 Å². The molecule has 1 aromatic carbocycles. The number of hydrogen-bond donors (Lipinski definition) is 1. The van der Waals surface area contributed by atoms with Crippen LogP contribution in [-0.2, 0) is 24.3 Å². The highest BCUT2D eigenvalue weighted by atomic mass is 79.9. The highest BCUT2D eigenvalue weighted by Gasteiger charge is 2.24. The fourth-order valence-corrected chi connectivity index (χ4v) is 3.22. The summed E-state index contributed by atoms with van der Waals surface area (Å²) >= 11 is 3.29. The predicted molar refractivity (Wildman–Crippen MR) is 86.7 cm³/mol. The van der Waals surface area contributed by atoms with Gasteiger partial charge in [-0.05, 0) is 24.6 Å². The van der Waals surface area contributed by atoms with E-state index in [4.69, 9.17) is 0 Å². The van der Waals surface area contributed by atoms with Crippen LogP contribution in [0.3, 0.4) is 0 Å². The van der Waals surface area contributed by atoms with E-state index in [1.165, 1.54) is 6.07 Å². The minimum Gasteiger partial charge on any atom is -0.434 e. The van der Waals surface area contributed by atoms with Gasteiger partial charge in [0.05, 0.1) is 6.33 Å². The molecule has 128 valence electrons. The zero-order chi connectivity index (χ0) is 17.1. The van der Waals surface area contributed by atoms with Crippen LogP contribution in [0.15, 0.2) is 35.2 Å². The Balaban J connectivity index is 1.63. The van der Waals surface area contributed by atoms with Crippen LogP contribution >= 0.6 is 15.9 Å². The van der Waals surface area contributed by atoms with Gasteiger partial charge in [0.1, 0.15) is 5.75 Å². The summed E-state index contributed by atoms with van der Waals surface area (Å²) in [6, 6.07) is 4.73. The Bertz CT molecular complexity index is 736. The molecule has 0 bridgehead atoms. The molecule has 24 heavy (non-hydrogen) atoms. The summed E-state index contributed by atoms with van der Waals surface area (Å²) in [5.41, 5.74) is 1.53. The summed E-state index contributed by atoms with van der Waals surface area (Å²) in [5, 5.41) is 2.82. The average Bonchev–Trinajstić information content (AvgIpc) is 3.02. The van der Waals surface area contributed by atoms with Crippen LogP contribution in [0.4, 0.5) is 8.78 Å². The molecule has 0 fully saturated rings. The van der Waals surface area contributed by atoms with E-state index in [0.29, 0.717) is 12.0 Å². The molecular formula is C16H16BrF2N3O2. The molecule has 1 N–H and O–H groups in total. The molecule has 1 aliphatic heterocycles. The molecule has 8 heteroatoms. The number of alkyl halides is 2. The smallest absolute Gasteiger partial charge is 0.387 e. The van der Waals surface area contributed by atoms with Crippen molar-refractivity contribution in [1.82, 2.24) is 14.9 Å². The highest BCUT2D eigenvalue weighted by Crippen LogP contribution is 2.25. The molecule has 0 radical (unpaired) electrons. The van der Waals surface area contributed by atoms with Crippen molar-refractivity contribution < 1.29 is 18.3 Å². The number of fused-ring (bicyclic) bond motifs is 1. The van der Waals surface area contributed by atoms with E-state index < -0.39 is 6.61 Å². The quantitative estimate of drug-likeness (QED) is 0.839. The van der Waals surface area contributed by atoms with Gasteiger partial charge in [0.25, 0.3) is 0 Å². The van der Waals surface area contributed by atoms with Gasteiger partial charge in [-0.2, -0.15) is 8.78 Å². The Morgan fingerprint density at radius 2 is 2.33 bits per heavy atom. The van der Waals surface area contributed by atoms with Gasteiger partial charge >= 0.3 is 6.61 Å². The number of nitrogens with zero attached hydrogens (tertiary/aromatic N) is 2. The molecule has 1 amide bonds. The molecule has 0 spiro atoms. The first kappa shape index (κ1) is 16.9. The number of benzene rings is 1. The Labute approximate surface area is 146 Å². The zero-order valence-electron chi connectivity index (χ0n) is 12.7. The number of rotatable bonds is 5. The normalized spacial score (nSPS) is 16.8. The first-order valence-electron chi connectivity index (χ1n) is 7.53. The Morgan fingerprint density at radius 3 is 3.12 bits per heavy atom. The Hall–Kier alpha value is -1.96. The monoisotopic (exact) mass is 399 g/mol. The molecule has 1 aliphatic rings. The fourth-order valence-electron chi connectivity index (χ4n) is 2.82. The Kier molecular flexibility index (Phi) is 5.13. The largest absolute Gasteiger partial charge is 0.434 e. The molecule has 0 unspecified atom stereocenters. The van der Waals surface area contributed by atoms with Crippen molar-refractivity contribution in [2.75, 3.05) is 0 Å². The van der Waals surface area contributed by atoms with Gasteiger partial charge in [0, 0.05) is 47.4 Å². The van der Waals surface area contributed by atoms with Gasteiger partial charge in [-0.3, -0.25) is 4.79 Å². The summed E-state index contributed by atoms with van der Waals surface area (Å²) in [5.74, 6) is -0.165. The minimum absolute atomic E-state index is 0.0650. The molecule has 1 atom stereocenters. The van der Waals surface area contributed by atoms with Gasteiger partial charge in [-0.15, -0.1) is 0 Å². The second-order valence-corrected chi connectivity index (χ2v) is 6.53. The predicted octanol–water partition coefficient (Wildman–Crippen LogP) is 3.13. The van der Waals surface area contributed by atoms with Crippen molar-refractivity contribution in [3.8, 4) is 5.75 Å². The molecular weight excluding hydrogens is 384 g/mol. The number of carbonyl (C=O) groups is 1. The van der Waals surface area contributed by atoms with Gasteiger partial charge in [0.2, 0.25) is 5.91 Å². The van der Waals surface area contributed by atoms with Crippen LogP contribution in [-0.4, -0.2) is 22.1 Å². The first-order chi connectivity index (χ1) is 11.5. The van der Waals surface area contributed by atoms with Crippen LogP contribution in [0.5, 0.6) is 5.75 Å². The molecule has 0 saturated heterocycles. The van der Waals surface area contributed by atoms with Crippen molar-refractivity contribution in [3.63, 3.8) is 0 Å². The van der Waals surface area contributed by atoms with Gasteiger partial charge in [0.15, 0.2) is 0 Å². The number of imidazole rings is 1. The third-order valence-electron chi connectivity index (χ3n) is 4.03. The molecule has 2 aromatic rings. The van der Waals surface area contributed by atoms with E-state index >= 15 is 0 Å². The van der Waals surface area contributed by atoms with E-state index in [9.17, 15) is 13.6 Å². The zero-order valence-corrected chi connectivity index (χ0v) is 14.3. The SMILES string of the molecule is O=C(NCc1cc(Br)ccc1OC(F)F)[C@@H]1CCn2cncc2C1. The second kappa shape index (κ2) is 7.29. The van der Waals surface area contributed by atoms with Crippen molar-refractivity contribution in [2.45, 2.75) is 32.5 Å². The number of aromatic nitrogens is 2. The summed E-state index contributed by atoms with van der Waals surface area (Å²) < 4.78 is 32.2. The third-order valence-corrected chi connectivity index (χ3v) is 4.53. The van der Waals surface area contributed by atoms with Gasteiger partial charge < -0.3 is 14.6 Å². The standard InChI is InChI=1S/C16H16BrF2N3O2/c17-12-1-2-14(24-16(18)19)11(5-12)7-21-15(23)10-3-4-22-9-20-8-13(22)6-10/h1-2,5,8-10,16H,3-4,6-7H2,(H,21,23)/t10-/m1/s1. The maximum Gasteiger partial charge on any atom is 0.387 e. The molecule has 1 aromatic heterocycles. The van der Waals surface area contributed by atoms with E-state index in [-0.39, 0.29) is 24.1 Å². The first-order valence-corrected chi connectivity index (χ1v) is 8.32. The molecule has 0 saturated carbocycles. The maximum atomic E-state index is 12.5. The number of nitrogens with one attached hydrogen (secondary N) is 1. The van der Waals surface area contributed by atoms with Crippen LogP contribution in [0.1, 0.15) is 17.7 Å². The van der Waals surface area contributed by atoms with Gasteiger partial charge in [-0.1, -0.05) is 15.9 Å². The van der Waals surface area contributed by atoms with Crippen molar-refractivity contribution in [2.24, 2.45) is 5.92 Å². The number of ether oxygens (including phenoxy) is 1. The van der Waals surface area contributed by atoms with Gasteiger partial charge in [-0.25, -0.2) is 4.98 Å². The number of hydrogen-bond acceptors (Lipinski definition) is 3. The number of carbonyl (C=O) groups excluding carboxylic acids is 1. The third kappa shape index (κ3) is 3.92. The average molecular weight is 400 g/mol. The molecule has 0 aliphatic carbocycles. The molecule has 5 nitrogen and oxygen atoms in total. The lowest BCUT2D eigenvalue weighted by Crippen LogP contribution is -2.34. The van der Waals surface area contributed by atoms with E-state index in [2.05, 4.69) is 31.0 Å². The minimum atomic E-state index is -2.90.